The Hall–Kier alpha value is -8.18. The summed E-state index contributed by atoms with van der Waals surface area (Å²) in [4.78, 5) is 5.67. The zero-order valence-electron chi connectivity index (χ0n) is 44.3. The Bertz CT molecular complexity index is 3290. The topological polar surface area (TPSA) is 103 Å². The van der Waals surface area contributed by atoms with Gasteiger partial charge in [0.1, 0.15) is 28.2 Å². The molecule has 0 radical (unpaired) electrons. The van der Waals surface area contributed by atoms with Gasteiger partial charge in [0.25, 0.3) is 8.32 Å². The van der Waals surface area contributed by atoms with Gasteiger partial charge in [-0.15, -0.1) is 5.10 Å². The van der Waals surface area contributed by atoms with Crippen molar-refractivity contribution in [2.75, 3.05) is 11.9 Å². The lowest BCUT2D eigenvalue weighted by atomic mass is 9.77. The van der Waals surface area contributed by atoms with Gasteiger partial charge >= 0.3 is 0 Å². The number of hydrogen-bond donors (Lipinski definition) is 2. The van der Waals surface area contributed by atoms with Gasteiger partial charge < -0.3 is 14.8 Å². The molecule has 10 heteroatoms. The molecule has 7 aromatic carbocycles. The number of aromatic nitrogens is 6. The van der Waals surface area contributed by atoms with Gasteiger partial charge in [0.2, 0.25) is 0 Å². The molecule has 0 aliphatic heterocycles. The number of fused-ring (bicyclic) bond motifs is 1. The molecule has 382 valence electrons. The van der Waals surface area contributed by atoms with Gasteiger partial charge in [-0.2, -0.15) is 5.10 Å². The molecule has 0 aliphatic rings. The van der Waals surface area contributed by atoms with E-state index < -0.39 is 19.4 Å². The van der Waals surface area contributed by atoms with E-state index in [9.17, 15) is 5.11 Å². The van der Waals surface area contributed by atoms with Crippen LogP contribution in [0.5, 0.6) is 5.75 Å². The van der Waals surface area contributed by atoms with Gasteiger partial charge in [0, 0.05) is 23.9 Å². The average Bonchev–Trinajstić information content (AvgIpc) is 4.16. The SMILES string of the molecule is CC(C)[Si](Oc1cccc(CCn2cc(/C(=C\CO)c3cc(NC(c4ccccc4)(c4ccccc4)c4ccccc4)nc4c3nnn4C(c3ccccc3)(c3ccccc3)c3ccccc3)cn2)c1)(C(C)C)C(C)C. The van der Waals surface area contributed by atoms with Crippen LogP contribution in [0.3, 0.4) is 0 Å². The normalized spacial score (nSPS) is 12.5. The number of aryl methyl sites for hydroxylation is 2. The van der Waals surface area contributed by atoms with Crippen molar-refractivity contribution in [2.45, 2.75) is 82.2 Å². The number of nitrogens with zero attached hydrogens (tertiary/aromatic N) is 6. The Morgan fingerprint density at radius 2 is 1.08 bits per heavy atom. The van der Waals surface area contributed by atoms with Crippen LogP contribution in [-0.4, -0.2) is 49.8 Å². The van der Waals surface area contributed by atoms with E-state index in [-0.39, 0.29) is 6.61 Å². The Labute approximate surface area is 448 Å². The summed E-state index contributed by atoms with van der Waals surface area (Å²) in [7, 11) is -2.14. The number of pyridine rings is 1. The number of hydrogen-bond acceptors (Lipinski definition) is 7. The molecule has 0 bridgehead atoms. The van der Waals surface area contributed by atoms with Crippen LogP contribution in [0.1, 0.15) is 91.6 Å². The molecule has 10 rings (SSSR count). The fraction of sp³-hybridized carbons (Fsp3) is 0.212. The lowest BCUT2D eigenvalue weighted by Crippen LogP contribution is -2.50. The highest BCUT2D eigenvalue weighted by molar-refractivity contribution is 6.78. The third kappa shape index (κ3) is 9.59. The smallest absolute Gasteiger partial charge is 0.258 e. The lowest BCUT2D eigenvalue weighted by molar-refractivity contribution is 0.343. The highest BCUT2D eigenvalue weighted by Crippen LogP contribution is 2.46. The highest BCUT2D eigenvalue weighted by atomic mass is 28.4. The first-order valence-corrected chi connectivity index (χ1v) is 28.7. The summed E-state index contributed by atoms with van der Waals surface area (Å²) in [6, 6.07) is 73.6. The van der Waals surface area contributed by atoms with Crippen molar-refractivity contribution in [1.29, 1.82) is 0 Å². The van der Waals surface area contributed by atoms with Crippen LogP contribution < -0.4 is 9.74 Å². The molecule has 0 amide bonds. The van der Waals surface area contributed by atoms with Gasteiger partial charge in [-0.3, -0.25) is 4.68 Å². The van der Waals surface area contributed by atoms with E-state index in [0.29, 0.717) is 40.2 Å². The maximum Gasteiger partial charge on any atom is 0.258 e. The van der Waals surface area contributed by atoms with Crippen molar-refractivity contribution >= 4 is 30.9 Å². The van der Waals surface area contributed by atoms with Crippen molar-refractivity contribution in [3.8, 4) is 5.75 Å². The molecule has 2 N–H and O–H groups in total. The molecule has 10 aromatic rings. The molecule has 0 fully saturated rings. The summed E-state index contributed by atoms with van der Waals surface area (Å²) in [6.45, 7) is 14.3. The molecule has 0 spiro atoms. The molecule has 0 saturated carbocycles. The maximum absolute atomic E-state index is 11.0. The Morgan fingerprint density at radius 1 is 0.605 bits per heavy atom. The first kappa shape index (κ1) is 51.3. The predicted octanol–water partition coefficient (Wildman–Crippen LogP) is 14.5. The van der Waals surface area contributed by atoms with E-state index in [0.717, 1.165) is 62.3 Å². The van der Waals surface area contributed by atoms with Crippen LogP contribution in [0.15, 0.2) is 231 Å². The van der Waals surface area contributed by atoms with Crippen LogP contribution in [0, 0.1) is 0 Å². The highest BCUT2D eigenvalue weighted by Gasteiger charge is 2.47. The summed E-state index contributed by atoms with van der Waals surface area (Å²) in [5.41, 5.74) is 10.1. The quantitative estimate of drug-likeness (QED) is 0.0579. The Kier molecular flexibility index (Phi) is 15.1. The average molecular weight is 1020 g/mol. The summed E-state index contributed by atoms with van der Waals surface area (Å²) in [5, 5.41) is 30.3. The zero-order valence-corrected chi connectivity index (χ0v) is 45.3. The van der Waals surface area contributed by atoms with Crippen LogP contribution in [0.25, 0.3) is 16.7 Å². The third-order valence-corrected chi connectivity index (χ3v) is 21.3. The first-order valence-electron chi connectivity index (χ1n) is 26.6. The lowest BCUT2D eigenvalue weighted by Gasteiger charge is -2.42. The van der Waals surface area contributed by atoms with Gasteiger partial charge in [-0.05, 0) is 85.8 Å². The minimum atomic E-state index is -2.14. The second-order valence-corrected chi connectivity index (χ2v) is 26.0. The molecule has 0 aliphatic carbocycles. The molecule has 0 unspecified atom stereocenters. The van der Waals surface area contributed by atoms with Crippen LogP contribution >= 0.6 is 0 Å². The molecular formula is C66H67N7O2Si. The predicted molar refractivity (Wildman–Crippen MR) is 311 cm³/mol. The molecular weight excluding hydrogens is 951 g/mol. The van der Waals surface area contributed by atoms with Crippen molar-refractivity contribution < 1.29 is 9.53 Å². The first-order chi connectivity index (χ1) is 37.1. The van der Waals surface area contributed by atoms with E-state index in [2.05, 4.69) is 229 Å². The molecule has 76 heavy (non-hydrogen) atoms. The van der Waals surface area contributed by atoms with E-state index in [1.165, 1.54) is 5.56 Å². The molecule has 0 atom stereocenters. The molecule has 3 heterocycles. The number of aliphatic hydroxyl groups excluding tert-OH is 1. The van der Waals surface area contributed by atoms with Crippen LogP contribution in [0.4, 0.5) is 5.82 Å². The van der Waals surface area contributed by atoms with Crippen molar-refractivity contribution in [3.63, 3.8) is 0 Å². The number of aliphatic hydroxyl groups is 1. The standard InChI is InChI=1S/C66H67N7O2Si/c1-48(2)76(49(3)4,50(5)6)75-59-39-25-26-51(44-59)40-42-72-47-52(46-67-72)60(41-43-74)61-45-62(69-65(53-27-13-7-14-28-53,54-29-15-8-16-30-54)55-31-17-9-18-32-55)68-64-63(61)70-71-73(64)66(56-33-19-10-20-34-56,57-35-21-11-22-36-57)58-37-23-12-24-38-58/h7-39,41,44-50,74H,40,42-43H2,1-6H3,(H,68,69)/b60-41+. The van der Waals surface area contributed by atoms with Crippen molar-refractivity contribution in [1.82, 2.24) is 29.8 Å². The van der Waals surface area contributed by atoms with Crippen LogP contribution in [0.2, 0.25) is 16.6 Å². The monoisotopic (exact) mass is 1020 g/mol. The fourth-order valence-electron chi connectivity index (χ4n) is 11.9. The summed E-state index contributed by atoms with van der Waals surface area (Å²) in [5.74, 6) is 1.52. The maximum atomic E-state index is 11.0. The van der Waals surface area contributed by atoms with Gasteiger partial charge in [-0.1, -0.05) is 247 Å². The number of nitrogens with one attached hydrogen (secondary N) is 1. The largest absolute Gasteiger partial charge is 0.543 e. The van der Waals surface area contributed by atoms with Crippen molar-refractivity contribution in [2.24, 2.45) is 0 Å². The van der Waals surface area contributed by atoms with Gasteiger partial charge in [-0.25, -0.2) is 9.67 Å². The van der Waals surface area contributed by atoms with E-state index >= 15 is 0 Å². The third-order valence-electron chi connectivity index (χ3n) is 15.3. The van der Waals surface area contributed by atoms with Crippen LogP contribution in [-0.2, 0) is 24.0 Å². The number of benzene rings is 7. The molecule has 3 aromatic heterocycles. The molecule has 9 nitrogen and oxygen atoms in total. The minimum absolute atomic E-state index is 0.230. The second-order valence-electron chi connectivity index (χ2n) is 20.6. The number of rotatable bonds is 20. The van der Waals surface area contributed by atoms with Crippen molar-refractivity contribution in [3.05, 3.63) is 281 Å². The summed E-state index contributed by atoms with van der Waals surface area (Å²) >= 11 is 0. The Balaban J connectivity index is 1.15. The minimum Gasteiger partial charge on any atom is -0.543 e. The molecule has 0 saturated heterocycles. The second kappa shape index (κ2) is 22.3. The van der Waals surface area contributed by atoms with E-state index in [1.807, 2.05) is 58.0 Å². The van der Waals surface area contributed by atoms with Gasteiger partial charge in [0.15, 0.2) is 5.65 Å². The summed E-state index contributed by atoms with van der Waals surface area (Å²) in [6.07, 6.45) is 6.53. The zero-order chi connectivity index (χ0) is 52.7. The summed E-state index contributed by atoms with van der Waals surface area (Å²) < 4.78 is 11.1. The Morgan fingerprint density at radius 3 is 1.54 bits per heavy atom. The fourth-order valence-corrected chi connectivity index (χ4v) is 17.2. The number of anilines is 1. The van der Waals surface area contributed by atoms with E-state index in [4.69, 9.17) is 24.8 Å². The van der Waals surface area contributed by atoms with E-state index in [1.54, 1.807) is 0 Å². The van der Waals surface area contributed by atoms with Gasteiger partial charge in [0.05, 0.1) is 12.8 Å².